The first-order valence-electron chi connectivity index (χ1n) is 11.0. The second kappa shape index (κ2) is 8.69. The van der Waals surface area contributed by atoms with Crippen molar-refractivity contribution < 1.29 is 14.4 Å². The van der Waals surface area contributed by atoms with E-state index in [0.717, 1.165) is 0 Å². The molecule has 11 nitrogen and oxygen atoms in total. The van der Waals surface area contributed by atoms with E-state index in [-0.39, 0.29) is 22.1 Å². The first-order valence-corrected chi connectivity index (χ1v) is 11.9. The van der Waals surface area contributed by atoms with Crippen molar-refractivity contribution >= 4 is 35.2 Å². The summed E-state index contributed by atoms with van der Waals surface area (Å²) in [4.78, 5) is 41.1. The Labute approximate surface area is 205 Å². The number of nitrogens with one attached hydrogen (secondary N) is 3. The number of hydrogen-bond acceptors (Lipinski definition) is 8. The summed E-state index contributed by atoms with van der Waals surface area (Å²) in [5.41, 5.74) is 7.21. The van der Waals surface area contributed by atoms with E-state index in [1.807, 2.05) is 19.9 Å². The molecular weight excluding hydrogens is 468 g/mol. The van der Waals surface area contributed by atoms with Gasteiger partial charge in [-0.05, 0) is 43.7 Å². The van der Waals surface area contributed by atoms with Crippen LogP contribution in [0.5, 0.6) is 0 Å². The number of amides is 3. The van der Waals surface area contributed by atoms with Gasteiger partial charge in [-0.3, -0.25) is 14.4 Å². The van der Waals surface area contributed by atoms with Gasteiger partial charge in [-0.15, -0.1) is 22.0 Å². The molecule has 2 fully saturated rings. The smallest absolute Gasteiger partial charge is 0.252 e. The van der Waals surface area contributed by atoms with Crippen molar-refractivity contribution in [1.29, 1.82) is 0 Å². The molecule has 0 bridgehead atoms. The molecule has 35 heavy (non-hydrogen) atoms. The summed E-state index contributed by atoms with van der Waals surface area (Å²) in [6.45, 7) is 4.01. The van der Waals surface area contributed by atoms with Crippen LogP contribution in [-0.2, 0) is 9.59 Å². The van der Waals surface area contributed by atoms with E-state index in [9.17, 15) is 14.4 Å². The summed E-state index contributed by atoms with van der Waals surface area (Å²) < 4.78 is -0.383. The summed E-state index contributed by atoms with van der Waals surface area (Å²) in [5, 5.41) is 19.6. The number of carbonyl (C=O) groups is 3. The van der Waals surface area contributed by atoms with Gasteiger partial charge in [0, 0.05) is 16.0 Å². The lowest BCUT2D eigenvalue weighted by atomic mass is 9.95. The lowest BCUT2D eigenvalue weighted by molar-refractivity contribution is -0.152. The minimum atomic E-state index is -0.990. The lowest BCUT2D eigenvalue weighted by Crippen LogP contribution is -2.68. The third kappa shape index (κ3) is 4.09. The molecule has 2 aliphatic rings. The molecule has 2 aliphatic heterocycles. The van der Waals surface area contributed by atoms with Gasteiger partial charge in [-0.25, -0.2) is 0 Å². The molecule has 3 unspecified atom stereocenters. The summed E-state index contributed by atoms with van der Waals surface area (Å²) >= 11 is 1.57. The number of anilines is 1. The van der Waals surface area contributed by atoms with Crippen molar-refractivity contribution in [1.82, 2.24) is 36.2 Å². The Kier molecular flexibility index (Phi) is 5.67. The SMILES string of the molecule is CC1(C)S[C@H]2C(NC(=O)C(NC(=O)c3ccc(N)cc3)c3ccccc3)C(=O)N2C1c1nn[nH]n1. The first kappa shape index (κ1) is 22.8. The molecule has 3 aromatic rings. The Balaban J connectivity index is 1.35. The average Bonchev–Trinajstić information content (AvgIpc) is 3.45. The van der Waals surface area contributed by atoms with Crippen molar-refractivity contribution in [3.63, 3.8) is 0 Å². The van der Waals surface area contributed by atoms with Crippen molar-refractivity contribution in [2.24, 2.45) is 0 Å². The van der Waals surface area contributed by atoms with Gasteiger partial charge in [0.1, 0.15) is 23.5 Å². The molecule has 5 rings (SSSR count). The molecule has 1 aromatic heterocycles. The number of aromatic amines is 1. The number of hydrogen-bond donors (Lipinski definition) is 4. The lowest BCUT2D eigenvalue weighted by Gasteiger charge is -2.44. The van der Waals surface area contributed by atoms with Gasteiger partial charge in [-0.2, -0.15) is 5.21 Å². The van der Waals surface area contributed by atoms with Crippen LogP contribution in [0.4, 0.5) is 5.69 Å². The van der Waals surface area contributed by atoms with Crippen LogP contribution in [0, 0.1) is 0 Å². The van der Waals surface area contributed by atoms with Gasteiger partial charge in [-0.1, -0.05) is 35.5 Å². The maximum atomic E-state index is 13.4. The van der Waals surface area contributed by atoms with E-state index in [1.165, 1.54) is 0 Å². The number of H-pyrrole nitrogens is 1. The summed E-state index contributed by atoms with van der Waals surface area (Å²) in [6, 6.07) is 13.2. The van der Waals surface area contributed by atoms with Crippen LogP contribution < -0.4 is 16.4 Å². The van der Waals surface area contributed by atoms with E-state index >= 15 is 0 Å². The number of nitrogens with two attached hydrogens (primary N) is 1. The number of benzene rings is 2. The normalized spacial score (nSPS) is 23.2. The number of β-lactam (4-membered cyclic amide) rings is 1. The van der Waals surface area contributed by atoms with E-state index in [4.69, 9.17) is 5.73 Å². The van der Waals surface area contributed by atoms with Crippen LogP contribution in [0.1, 0.15) is 47.7 Å². The number of tetrazole rings is 1. The zero-order valence-corrected chi connectivity index (χ0v) is 19.8. The molecule has 180 valence electrons. The van der Waals surface area contributed by atoms with Gasteiger partial charge < -0.3 is 21.3 Å². The highest BCUT2D eigenvalue weighted by Gasteiger charge is 2.63. The van der Waals surface area contributed by atoms with E-state index < -0.39 is 23.9 Å². The number of rotatable bonds is 6. The number of thioether (sulfide) groups is 1. The Morgan fingerprint density at radius 3 is 2.51 bits per heavy atom. The minimum absolute atomic E-state index is 0.229. The molecule has 0 radical (unpaired) electrons. The van der Waals surface area contributed by atoms with Gasteiger partial charge in [0.05, 0.1) is 0 Å². The fraction of sp³-hybridized carbons (Fsp3) is 0.304. The highest BCUT2D eigenvalue weighted by atomic mass is 32.2. The van der Waals surface area contributed by atoms with Crippen LogP contribution in [-0.4, -0.2) is 59.4 Å². The molecule has 2 saturated heterocycles. The molecular formula is C23H24N8O3S. The molecule has 0 aliphatic carbocycles. The van der Waals surface area contributed by atoms with Gasteiger partial charge in [0.2, 0.25) is 11.8 Å². The zero-order valence-electron chi connectivity index (χ0n) is 19.0. The van der Waals surface area contributed by atoms with Crippen molar-refractivity contribution in [2.75, 3.05) is 5.73 Å². The summed E-state index contributed by atoms with van der Waals surface area (Å²) in [5.74, 6) is -0.697. The number of carbonyl (C=O) groups excluding carboxylic acids is 3. The fourth-order valence-corrected chi connectivity index (χ4v) is 6.11. The largest absolute Gasteiger partial charge is 0.399 e. The zero-order chi connectivity index (χ0) is 24.7. The molecule has 0 spiro atoms. The van der Waals surface area contributed by atoms with E-state index in [1.54, 1.807) is 65.2 Å². The van der Waals surface area contributed by atoms with Crippen LogP contribution >= 0.6 is 11.8 Å². The third-order valence-corrected chi connectivity index (χ3v) is 7.76. The van der Waals surface area contributed by atoms with E-state index in [2.05, 4.69) is 31.3 Å². The predicted molar refractivity (Wildman–Crippen MR) is 129 cm³/mol. The molecule has 0 saturated carbocycles. The third-order valence-electron chi connectivity index (χ3n) is 6.19. The topological polar surface area (TPSA) is 159 Å². The van der Waals surface area contributed by atoms with Crippen molar-refractivity contribution in [3.05, 3.63) is 71.5 Å². The predicted octanol–water partition coefficient (Wildman–Crippen LogP) is 1.17. The molecule has 3 amide bonds. The molecule has 3 heterocycles. The van der Waals surface area contributed by atoms with Crippen molar-refractivity contribution in [2.45, 2.75) is 42.1 Å². The van der Waals surface area contributed by atoms with Crippen LogP contribution in [0.25, 0.3) is 0 Å². The minimum Gasteiger partial charge on any atom is -0.399 e. The van der Waals surface area contributed by atoms with E-state index in [0.29, 0.717) is 22.6 Å². The van der Waals surface area contributed by atoms with Gasteiger partial charge in [0.25, 0.3) is 5.91 Å². The Morgan fingerprint density at radius 2 is 1.86 bits per heavy atom. The molecule has 5 N–H and O–H groups in total. The number of aromatic nitrogens is 4. The van der Waals surface area contributed by atoms with Crippen molar-refractivity contribution in [3.8, 4) is 0 Å². The Morgan fingerprint density at radius 1 is 1.14 bits per heavy atom. The maximum absolute atomic E-state index is 13.4. The standard InChI is InChI=1S/C23H24N8O3S/c1-23(2)17(18-27-29-30-28-18)31-21(34)16(22(31)35-23)26-20(33)15(12-6-4-3-5-7-12)25-19(32)13-8-10-14(24)11-9-13/h3-11,15-17,22H,24H2,1-2H3,(H,25,32)(H,26,33)(H,27,28,29,30)/t15?,16?,17?,22-/m0/s1. The quantitative estimate of drug-likeness (QED) is 0.295. The molecule has 4 atom stereocenters. The summed E-state index contributed by atoms with van der Waals surface area (Å²) in [6.07, 6.45) is 0. The van der Waals surface area contributed by atoms with Crippen LogP contribution in [0.3, 0.4) is 0 Å². The average molecular weight is 493 g/mol. The Bertz CT molecular complexity index is 1250. The highest BCUT2D eigenvalue weighted by molar-refractivity contribution is 8.01. The Hall–Kier alpha value is -3.93. The maximum Gasteiger partial charge on any atom is 0.252 e. The monoisotopic (exact) mass is 492 g/mol. The number of fused-ring (bicyclic) bond motifs is 1. The van der Waals surface area contributed by atoms with Gasteiger partial charge in [0.15, 0.2) is 5.82 Å². The molecule has 2 aromatic carbocycles. The molecule has 12 heteroatoms. The first-order chi connectivity index (χ1) is 16.8. The highest BCUT2D eigenvalue weighted by Crippen LogP contribution is 2.56. The fourth-order valence-electron chi connectivity index (χ4n) is 4.48. The van der Waals surface area contributed by atoms with Crippen LogP contribution in [0.15, 0.2) is 54.6 Å². The number of nitrogens with zero attached hydrogens (tertiary/aromatic N) is 4. The number of nitrogen functional groups attached to an aromatic ring is 1. The second-order valence-corrected chi connectivity index (χ2v) is 10.7. The van der Waals surface area contributed by atoms with Gasteiger partial charge >= 0.3 is 0 Å². The summed E-state index contributed by atoms with van der Waals surface area (Å²) in [7, 11) is 0. The van der Waals surface area contributed by atoms with Crippen LogP contribution in [0.2, 0.25) is 0 Å². The second-order valence-electron chi connectivity index (χ2n) is 8.96.